The second kappa shape index (κ2) is 6.53. The fourth-order valence-electron chi connectivity index (χ4n) is 2.85. The Morgan fingerprint density at radius 1 is 1.29 bits per heavy atom. The molecule has 6 heteroatoms. The number of aromatic nitrogens is 1. The van der Waals surface area contributed by atoms with Crippen LogP contribution in [0.5, 0.6) is 0 Å². The summed E-state index contributed by atoms with van der Waals surface area (Å²) in [5.74, 6) is -0.341. The maximum atomic E-state index is 14.1. The van der Waals surface area contributed by atoms with Crippen molar-refractivity contribution in [1.82, 2.24) is 9.47 Å². The Balaban J connectivity index is 2.05. The molecule has 3 rings (SSSR count). The monoisotopic (exact) mass is 360 g/mol. The Morgan fingerprint density at radius 3 is 2.62 bits per heavy atom. The summed E-state index contributed by atoms with van der Waals surface area (Å²) in [4.78, 5) is 14.6. The summed E-state index contributed by atoms with van der Waals surface area (Å²) in [6.07, 6.45) is 1.84. The third-order valence-electron chi connectivity index (χ3n) is 4.04. The average molecular weight is 360 g/mol. The number of halogens is 1. The van der Waals surface area contributed by atoms with Gasteiger partial charge in [0, 0.05) is 17.9 Å². The van der Waals surface area contributed by atoms with Gasteiger partial charge >= 0.3 is 0 Å². The highest BCUT2D eigenvalue weighted by Crippen LogP contribution is 2.33. The Labute approximate surface area is 150 Å². The van der Waals surface area contributed by atoms with Crippen molar-refractivity contribution in [2.75, 3.05) is 6.54 Å². The Bertz CT molecular complexity index is 870. The molecule has 0 unspecified atom stereocenters. The standard InChI is InChI=1S/C18H17FN2OS2/c1-4-20-17(22)16(24-18(20)23)10-13-9-11(2)21(12(13)3)15-8-6-5-7-14(15)19/h5-10H,4H2,1-3H3/b16-10-. The number of rotatable bonds is 3. The lowest BCUT2D eigenvalue weighted by atomic mass is 10.2. The van der Waals surface area contributed by atoms with Gasteiger partial charge in [0.2, 0.25) is 0 Å². The molecule has 1 amide bonds. The van der Waals surface area contributed by atoms with Crippen LogP contribution in [0.3, 0.4) is 0 Å². The maximum absolute atomic E-state index is 14.1. The molecule has 0 saturated carbocycles. The number of likely N-dealkylation sites (N-methyl/N-ethyl adjacent to an activating group) is 1. The molecule has 1 aromatic carbocycles. The van der Waals surface area contributed by atoms with Crippen LogP contribution in [0.15, 0.2) is 35.2 Å². The quantitative estimate of drug-likeness (QED) is 0.597. The maximum Gasteiger partial charge on any atom is 0.266 e. The van der Waals surface area contributed by atoms with Gasteiger partial charge in [-0.15, -0.1) is 0 Å². The van der Waals surface area contributed by atoms with Crippen LogP contribution in [0.1, 0.15) is 23.9 Å². The van der Waals surface area contributed by atoms with E-state index in [0.717, 1.165) is 17.0 Å². The van der Waals surface area contributed by atoms with Crippen LogP contribution in [-0.4, -0.2) is 26.2 Å². The number of aryl methyl sites for hydroxylation is 1. The number of thiocarbonyl (C=S) groups is 1. The largest absolute Gasteiger partial charge is 0.315 e. The molecule has 0 atom stereocenters. The highest BCUT2D eigenvalue weighted by Gasteiger charge is 2.31. The minimum atomic E-state index is -0.275. The number of hydrogen-bond donors (Lipinski definition) is 0. The van der Waals surface area contributed by atoms with E-state index in [1.807, 2.05) is 43.5 Å². The lowest BCUT2D eigenvalue weighted by molar-refractivity contribution is -0.121. The predicted octanol–water partition coefficient (Wildman–Crippen LogP) is 4.45. The van der Waals surface area contributed by atoms with E-state index in [1.165, 1.54) is 17.8 Å². The first-order valence-corrected chi connectivity index (χ1v) is 8.85. The van der Waals surface area contributed by atoms with E-state index >= 15 is 0 Å². The van der Waals surface area contributed by atoms with Gasteiger partial charge in [0.1, 0.15) is 10.1 Å². The van der Waals surface area contributed by atoms with Gasteiger partial charge in [0.15, 0.2) is 0 Å². The number of nitrogens with zero attached hydrogens (tertiary/aromatic N) is 2. The molecule has 1 aliphatic rings. The Hall–Kier alpha value is -1.92. The van der Waals surface area contributed by atoms with Crippen molar-refractivity contribution < 1.29 is 9.18 Å². The van der Waals surface area contributed by atoms with Gasteiger partial charge in [-0.2, -0.15) is 0 Å². The summed E-state index contributed by atoms with van der Waals surface area (Å²) in [5.41, 5.74) is 3.20. The third-order valence-corrected chi connectivity index (χ3v) is 5.42. The zero-order chi connectivity index (χ0) is 17.4. The van der Waals surface area contributed by atoms with Crippen LogP contribution >= 0.6 is 24.0 Å². The van der Waals surface area contributed by atoms with Crippen LogP contribution < -0.4 is 0 Å². The summed E-state index contributed by atoms with van der Waals surface area (Å²) in [6.45, 7) is 6.31. The molecule has 2 aromatic rings. The van der Waals surface area contributed by atoms with E-state index in [2.05, 4.69) is 0 Å². The van der Waals surface area contributed by atoms with Crippen molar-refractivity contribution >= 4 is 40.3 Å². The number of carbonyl (C=O) groups is 1. The van der Waals surface area contributed by atoms with E-state index < -0.39 is 0 Å². The number of amides is 1. The number of hydrogen-bond acceptors (Lipinski definition) is 3. The summed E-state index contributed by atoms with van der Waals surface area (Å²) in [7, 11) is 0. The van der Waals surface area contributed by atoms with E-state index in [1.54, 1.807) is 17.0 Å². The highest BCUT2D eigenvalue weighted by atomic mass is 32.2. The molecular formula is C18H17FN2OS2. The first-order valence-electron chi connectivity index (χ1n) is 7.63. The predicted molar refractivity (Wildman–Crippen MR) is 101 cm³/mol. The van der Waals surface area contributed by atoms with Crippen LogP contribution in [0.25, 0.3) is 11.8 Å². The third kappa shape index (κ3) is 2.80. The van der Waals surface area contributed by atoms with Crippen LogP contribution in [0.2, 0.25) is 0 Å². The molecule has 1 aromatic heterocycles. The van der Waals surface area contributed by atoms with Crippen molar-refractivity contribution in [1.29, 1.82) is 0 Å². The zero-order valence-electron chi connectivity index (χ0n) is 13.7. The average Bonchev–Trinajstić information content (AvgIpc) is 2.97. The van der Waals surface area contributed by atoms with E-state index in [-0.39, 0.29) is 11.7 Å². The summed E-state index contributed by atoms with van der Waals surface area (Å²) >= 11 is 6.55. The second-order valence-corrected chi connectivity index (χ2v) is 7.22. The van der Waals surface area contributed by atoms with Gasteiger partial charge in [0.05, 0.1) is 10.6 Å². The van der Waals surface area contributed by atoms with Gasteiger partial charge in [-0.1, -0.05) is 36.1 Å². The van der Waals surface area contributed by atoms with Crippen LogP contribution in [0, 0.1) is 19.7 Å². The number of thioether (sulfide) groups is 1. The summed E-state index contributed by atoms with van der Waals surface area (Å²) in [6, 6.07) is 8.63. The van der Waals surface area contributed by atoms with Crippen LogP contribution in [-0.2, 0) is 4.79 Å². The van der Waals surface area contributed by atoms with Crippen molar-refractivity contribution in [3.05, 3.63) is 58.0 Å². The molecule has 124 valence electrons. The first kappa shape index (κ1) is 16.9. The molecule has 3 nitrogen and oxygen atoms in total. The number of carbonyl (C=O) groups excluding carboxylic acids is 1. The molecule has 0 N–H and O–H groups in total. The highest BCUT2D eigenvalue weighted by molar-refractivity contribution is 8.26. The molecule has 2 heterocycles. The zero-order valence-corrected chi connectivity index (χ0v) is 15.3. The molecule has 1 fully saturated rings. The topological polar surface area (TPSA) is 25.2 Å². The molecule has 1 saturated heterocycles. The number of benzene rings is 1. The molecule has 0 bridgehead atoms. The van der Waals surface area contributed by atoms with Crippen LogP contribution in [0.4, 0.5) is 4.39 Å². The molecule has 0 radical (unpaired) electrons. The Morgan fingerprint density at radius 2 is 2.00 bits per heavy atom. The lowest BCUT2D eigenvalue weighted by Gasteiger charge is -2.10. The van der Waals surface area contributed by atoms with Gasteiger partial charge in [-0.25, -0.2) is 4.39 Å². The van der Waals surface area contributed by atoms with E-state index in [4.69, 9.17) is 12.2 Å². The van der Waals surface area contributed by atoms with Gasteiger partial charge in [-0.05, 0) is 50.6 Å². The fraction of sp³-hybridized carbons (Fsp3) is 0.222. The van der Waals surface area contributed by atoms with E-state index in [9.17, 15) is 9.18 Å². The van der Waals surface area contributed by atoms with Gasteiger partial charge in [-0.3, -0.25) is 9.69 Å². The van der Waals surface area contributed by atoms with Gasteiger partial charge in [0.25, 0.3) is 5.91 Å². The molecule has 1 aliphatic heterocycles. The first-order chi connectivity index (χ1) is 11.4. The molecular weight excluding hydrogens is 343 g/mol. The summed E-state index contributed by atoms with van der Waals surface area (Å²) < 4.78 is 16.6. The molecule has 0 aliphatic carbocycles. The SMILES string of the molecule is CCN1C(=O)/C(=C/c2cc(C)n(-c3ccccc3F)c2C)SC1=S. The Kier molecular flexibility index (Phi) is 4.60. The minimum Gasteiger partial charge on any atom is -0.315 e. The molecule has 0 spiro atoms. The number of para-hydroxylation sites is 1. The van der Waals surface area contributed by atoms with Gasteiger partial charge < -0.3 is 4.57 Å². The van der Waals surface area contributed by atoms with Crippen molar-refractivity contribution in [3.8, 4) is 5.69 Å². The smallest absolute Gasteiger partial charge is 0.266 e. The summed E-state index contributed by atoms with van der Waals surface area (Å²) in [5, 5.41) is 0. The second-order valence-electron chi connectivity index (χ2n) is 5.54. The lowest BCUT2D eigenvalue weighted by Crippen LogP contribution is -2.27. The normalized spacial score (nSPS) is 16.5. The minimum absolute atomic E-state index is 0.0665. The van der Waals surface area contributed by atoms with Crippen molar-refractivity contribution in [3.63, 3.8) is 0 Å². The fourth-order valence-corrected chi connectivity index (χ4v) is 4.23. The van der Waals surface area contributed by atoms with Crippen molar-refractivity contribution in [2.45, 2.75) is 20.8 Å². The van der Waals surface area contributed by atoms with E-state index in [0.29, 0.717) is 21.5 Å². The molecule has 24 heavy (non-hydrogen) atoms. The van der Waals surface area contributed by atoms with Crippen molar-refractivity contribution in [2.24, 2.45) is 0 Å².